The number of ether oxygens (including phenoxy) is 1. The molecule has 0 saturated carbocycles. The Morgan fingerprint density at radius 1 is 1.22 bits per heavy atom. The molecule has 2 aromatic rings. The molecule has 0 spiro atoms. The second-order valence-corrected chi connectivity index (χ2v) is 5.08. The molecule has 0 atom stereocenters. The fourth-order valence-corrected chi connectivity index (χ4v) is 2.30. The molecule has 3 nitrogen and oxygen atoms in total. The lowest BCUT2D eigenvalue weighted by Gasteiger charge is -2.08. The minimum Gasteiger partial charge on any atom is -0.486 e. The highest BCUT2D eigenvalue weighted by Gasteiger charge is 2.09. The first-order chi connectivity index (χ1) is 8.70. The van der Waals surface area contributed by atoms with Gasteiger partial charge in [-0.25, -0.2) is 9.97 Å². The van der Waals surface area contributed by atoms with Gasteiger partial charge in [0.15, 0.2) is 5.82 Å². The zero-order valence-corrected chi connectivity index (χ0v) is 12.8. The Bertz CT molecular complexity index is 534. The maximum atomic E-state index is 6.07. The minimum absolute atomic E-state index is 0.327. The molecule has 0 aliphatic heterocycles. The Labute approximate surface area is 125 Å². The van der Waals surface area contributed by atoms with E-state index in [0.29, 0.717) is 17.6 Å². The van der Waals surface area contributed by atoms with Crippen LogP contribution in [0.5, 0.6) is 5.75 Å². The van der Waals surface area contributed by atoms with Crippen molar-refractivity contribution in [3.63, 3.8) is 0 Å². The molecule has 1 aromatic carbocycles. The number of para-hydroxylation sites is 1. The highest BCUT2D eigenvalue weighted by molar-refractivity contribution is 14.1. The number of aryl methyl sites for hydroxylation is 1. The van der Waals surface area contributed by atoms with Crippen LogP contribution in [0, 0.1) is 3.57 Å². The second-order valence-electron chi connectivity index (χ2n) is 3.65. The lowest BCUT2D eigenvalue weighted by atomic mass is 10.3. The smallest absolute Gasteiger partial charge is 0.167 e. The fraction of sp³-hybridized carbons (Fsp3) is 0.231. The van der Waals surface area contributed by atoms with E-state index in [9.17, 15) is 0 Å². The van der Waals surface area contributed by atoms with Crippen molar-refractivity contribution in [2.24, 2.45) is 0 Å². The molecule has 0 unspecified atom stereocenters. The fourth-order valence-electron chi connectivity index (χ4n) is 1.47. The van der Waals surface area contributed by atoms with Gasteiger partial charge in [-0.1, -0.05) is 36.7 Å². The summed E-state index contributed by atoms with van der Waals surface area (Å²) in [6.45, 7) is 2.37. The number of benzene rings is 1. The number of halogens is 2. The van der Waals surface area contributed by atoms with Crippen molar-refractivity contribution in [1.29, 1.82) is 0 Å². The predicted molar refractivity (Wildman–Crippen MR) is 79.9 cm³/mol. The molecule has 0 saturated heterocycles. The summed E-state index contributed by atoms with van der Waals surface area (Å²) >= 11 is 8.23. The van der Waals surface area contributed by atoms with Gasteiger partial charge in [0.1, 0.15) is 17.5 Å². The van der Waals surface area contributed by atoms with Crippen LogP contribution in [0.1, 0.15) is 18.4 Å². The molecular formula is C13H12ClIN2O. The van der Waals surface area contributed by atoms with E-state index in [0.717, 1.165) is 21.4 Å². The Balaban J connectivity index is 2.13. The van der Waals surface area contributed by atoms with E-state index in [4.69, 9.17) is 16.3 Å². The predicted octanol–water partition coefficient (Wildman–Crippen LogP) is 3.88. The van der Waals surface area contributed by atoms with Crippen LogP contribution in [-0.4, -0.2) is 9.97 Å². The van der Waals surface area contributed by atoms with Gasteiger partial charge in [0.2, 0.25) is 0 Å². The van der Waals surface area contributed by atoms with Crippen molar-refractivity contribution >= 4 is 34.2 Å². The third kappa shape index (κ3) is 3.32. The quantitative estimate of drug-likeness (QED) is 0.602. The molecule has 18 heavy (non-hydrogen) atoms. The largest absolute Gasteiger partial charge is 0.486 e. The molecule has 1 aromatic heterocycles. The van der Waals surface area contributed by atoms with Gasteiger partial charge in [-0.05, 0) is 41.1 Å². The van der Waals surface area contributed by atoms with E-state index in [1.54, 1.807) is 0 Å². The van der Waals surface area contributed by atoms with Gasteiger partial charge < -0.3 is 4.74 Å². The van der Waals surface area contributed by atoms with Crippen LogP contribution in [0.25, 0.3) is 0 Å². The van der Waals surface area contributed by atoms with Crippen molar-refractivity contribution in [3.05, 3.63) is 50.6 Å². The number of hydrogen-bond donors (Lipinski definition) is 0. The minimum atomic E-state index is 0.327. The van der Waals surface area contributed by atoms with Gasteiger partial charge in [-0.3, -0.25) is 0 Å². The molecule has 1 heterocycles. The summed E-state index contributed by atoms with van der Waals surface area (Å²) in [5.41, 5.74) is 0.960. The monoisotopic (exact) mass is 374 g/mol. The van der Waals surface area contributed by atoms with E-state index in [1.807, 2.05) is 37.3 Å². The molecule has 0 bridgehead atoms. The average molecular weight is 375 g/mol. The van der Waals surface area contributed by atoms with Gasteiger partial charge in [0.05, 0.1) is 9.26 Å². The van der Waals surface area contributed by atoms with E-state index in [1.165, 1.54) is 0 Å². The van der Waals surface area contributed by atoms with E-state index >= 15 is 0 Å². The van der Waals surface area contributed by atoms with Crippen LogP contribution in [0.15, 0.2) is 30.3 Å². The lowest BCUT2D eigenvalue weighted by Crippen LogP contribution is -2.06. The summed E-state index contributed by atoms with van der Waals surface area (Å²) in [7, 11) is 0. The molecular weight excluding hydrogens is 363 g/mol. The molecule has 2 rings (SSSR count). The average Bonchev–Trinajstić information content (AvgIpc) is 2.41. The topological polar surface area (TPSA) is 35.0 Å². The highest BCUT2D eigenvalue weighted by atomic mass is 127. The molecule has 5 heteroatoms. The highest BCUT2D eigenvalue weighted by Crippen LogP contribution is 2.20. The van der Waals surface area contributed by atoms with Crippen LogP contribution in [0.3, 0.4) is 0 Å². The number of rotatable bonds is 4. The van der Waals surface area contributed by atoms with Crippen LogP contribution in [0.2, 0.25) is 5.15 Å². The van der Waals surface area contributed by atoms with Crippen molar-refractivity contribution in [2.75, 3.05) is 0 Å². The van der Waals surface area contributed by atoms with Crippen molar-refractivity contribution in [2.45, 2.75) is 20.0 Å². The SMILES string of the molecule is CCc1nc(COc2ccccc2)nc(Cl)c1I. The molecule has 0 amide bonds. The molecule has 0 aliphatic rings. The normalized spacial score (nSPS) is 10.4. The summed E-state index contributed by atoms with van der Waals surface area (Å²) < 4.78 is 6.52. The van der Waals surface area contributed by atoms with Gasteiger partial charge in [0.25, 0.3) is 0 Å². The molecule has 94 valence electrons. The summed E-state index contributed by atoms with van der Waals surface area (Å²) in [6.07, 6.45) is 0.832. The summed E-state index contributed by atoms with van der Waals surface area (Å²) in [5.74, 6) is 1.41. The summed E-state index contributed by atoms with van der Waals surface area (Å²) in [6, 6.07) is 9.59. The second kappa shape index (κ2) is 6.33. The summed E-state index contributed by atoms with van der Waals surface area (Å²) in [5, 5.41) is 0.495. The standard InChI is InChI=1S/C13H12ClIN2O/c1-2-10-12(15)13(14)17-11(16-10)8-18-9-6-4-3-5-7-9/h3-7H,2,8H2,1H3. The van der Waals surface area contributed by atoms with Crippen molar-refractivity contribution < 1.29 is 4.74 Å². The van der Waals surface area contributed by atoms with Crippen molar-refractivity contribution in [3.8, 4) is 5.75 Å². The first-order valence-corrected chi connectivity index (χ1v) is 7.05. The number of nitrogens with zero attached hydrogens (tertiary/aromatic N) is 2. The van der Waals surface area contributed by atoms with Gasteiger partial charge in [0, 0.05) is 0 Å². The molecule has 0 radical (unpaired) electrons. The zero-order valence-electron chi connectivity index (χ0n) is 9.86. The summed E-state index contributed by atoms with van der Waals surface area (Å²) in [4.78, 5) is 8.66. The first-order valence-electron chi connectivity index (χ1n) is 5.59. The number of aromatic nitrogens is 2. The van der Waals surface area contributed by atoms with Crippen LogP contribution in [-0.2, 0) is 13.0 Å². The first kappa shape index (κ1) is 13.5. The van der Waals surface area contributed by atoms with Gasteiger partial charge in [-0.15, -0.1) is 0 Å². The van der Waals surface area contributed by atoms with Crippen LogP contribution < -0.4 is 4.74 Å². The number of hydrogen-bond acceptors (Lipinski definition) is 3. The Hall–Kier alpha value is -0.880. The van der Waals surface area contributed by atoms with Gasteiger partial charge in [-0.2, -0.15) is 0 Å². The zero-order chi connectivity index (χ0) is 13.0. The molecule has 0 fully saturated rings. The Morgan fingerprint density at radius 2 is 1.94 bits per heavy atom. The molecule has 0 aliphatic carbocycles. The van der Waals surface area contributed by atoms with Crippen LogP contribution in [0.4, 0.5) is 0 Å². The van der Waals surface area contributed by atoms with Gasteiger partial charge >= 0.3 is 0 Å². The third-order valence-electron chi connectivity index (χ3n) is 2.37. The van der Waals surface area contributed by atoms with E-state index in [2.05, 4.69) is 32.6 Å². The maximum Gasteiger partial charge on any atom is 0.167 e. The Kier molecular flexibility index (Phi) is 4.77. The molecule has 0 N–H and O–H groups in total. The Morgan fingerprint density at radius 3 is 2.61 bits per heavy atom. The van der Waals surface area contributed by atoms with E-state index < -0.39 is 0 Å². The van der Waals surface area contributed by atoms with Crippen molar-refractivity contribution in [1.82, 2.24) is 9.97 Å². The lowest BCUT2D eigenvalue weighted by molar-refractivity contribution is 0.295. The maximum absolute atomic E-state index is 6.07. The van der Waals surface area contributed by atoms with Crippen LogP contribution >= 0.6 is 34.2 Å². The van der Waals surface area contributed by atoms with E-state index in [-0.39, 0.29) is 0 Å². The third-order valence-corrected chi connectivity index (χ3v) is 4.10.